The van der Waals surface area contributed by atoms with Crippen LogP contribution >= 0.6 is 0 Å². The van der Waals surface area contributed by atoms with Crippen molar-refractivity contribution in [2.45, 2.75) is 52.6 Å². The number of primary amides is 1. The standard InChI is InChI=1S/C5H11NO2.C5H9N/c1-5(2,3)8-4(6)7;1-2-3-4-5-6/h1-3H3,(H2,6,7);2-4H2,1H3. The van der Waals surface area contributed by atoms with Crippen molar-refractivity contribution in [1.82, 2.24) is 0 Å². The molecule has 0 fully saturated rings. The Kier molecular flexibility index (Phi) is 9.10. The van der Waals surface area contributed by atoms with Crippen LogP contribution in [-0.2, 0) is 4.74 Å². The van der Waals surface area contributed by atoms with Gasteiger partial charge in [-0.15, -0.1) is 0 Å². The van der Waals surface area contributed by atoms with Crippen molar-refractivity contribution in [2.24, 2.45) is 5.73 Å². The van der Waals surface area contributed by atoms with E-state index in [4.69, 9.17) is 11.0 Å². The monoisotopic (exact) mass is 200 g/mol. The van der Waals surface area contributed by atoms with Gasteiger partial charge < -0.3 is 10.5 Å². The average molecular weight is 200 g/mol. The maximum atomic E-state index is 10.0. The Labute approximate surface area is 86.0 Å². The second kappa shape index (κ2) is 8.36. The summed E-state index contributed by atoms with van der Waals surface area (Å²) in [6.07, 6.45) is 2.18. The van der Waals surface area contributed by atoms with Gasteiger partial charge in [0.15, 0.2) is 0 Å². The number of rotatable bonds is 2. The van der Waals surface area contributed by atoms with Crippen LogP contribution in [0.15, 0.2) is 0 Å². The molecule has 14 heavy (non-hydrogen) atoms. The summed E-state index contributed by atoms with van der Waals surface area (Å²) in [5, 5.41) is 7.95. The first-order valence-corrected chi connectivity index (χ1v) is 4.69. The fraction of sp³-hybridized carbons (Fsp3) is 0.800. The molecule has 0 aromatic heterocycles. The number of unbranched alkanes of at least 4 members (excludes halogenated alkanes) is 2. The van der Waals surface area contributed by atoms with E-state index in [0.29, 0.717) is 0 Å². The predicted molar refractivity (Wildman–Crippen MR) is 55.6 cm³/mol. The summed E-state index contributed by atoms with van der Waals surface area (Å²) in [6, 6.07) is 2.07. The summed E-state index contributed by atoms with van der Waals surface area (Å²) in [4.78, 5) is 10.0. The number of nitrogens with zero attached hydrogens (tertiary/aromatic N) is 1. The molecule has 0 bridgehead atoms. The lowest BCUT2D eigenvalue weighted by Gasteiger charge is -2.16. The molecular weight excluding hydrogens is 180 g/mol. The van der Waals surface area contributed by atoms with Crippen LogP contribution in [0.1, 0.15) is 47.0 Å². The first-order chi connectivity index (χ1) is 6.33. The fourth-order valence-corrected chi connectivity index (χ4v) is 0.558. The molecule has 0 rings (SSSR count). The summed E-state index contributed by atoms with van der Waals surface area (Å²) < 4.78 is 4.58. The van der Waals surface area contributed by atoms with Gasteiger partial charge in [-0.2, -0.15) is 5.26 Å². The van der Waals surface area contributed by atoms with Crippen LogP contribution in [0.25, 0.3) is 0 Å². The Balaban J connectivity index is 0. The minimum atomic E-state index is -0.725. The maximum Gasteiger partial charge on any atom is 0.405 e. The fourth-order valence-electron chi connectivity index (χ4n) is 0.558. The van der Waals surface area contributed by atoms with Gasteiger partial charge in [0.05, 0.1) is 6.07 Å². The van der Waals surface area contributed by atoms with Crippen molar-refractivity contribution in [3.05, 3.63) is 0 Å². The van der Waals surface area contributed by atoms with Crippen LogP contribution in [0.4, 0.5) is 4.79 Å². The molecule has 0 aromatic rings. The quantitative estimate of drug-likeness (QED) is 0.696. The van der Waals surface area contributed by atoms with Gasteiger partial charge in [-0.3, -0.25) is 0 Å². The van der Waals surface area contributed by atoms with Crippen LogP contribution in [0.3, 0.4) is 0 Å². The van der Waals surface area contributed by atoms with Gasteiger partial charge in [0, 0.05) is 6.42 Å². The maximum absolute atomic E-state index is 10.0. The number of hydrogen-bond donors (Lipinski definition) is 1. The van der Waals surface area contributed by atoms with E-state index in [1.165, 1.54) is 0 Å². The third-order valence-electron chi connectivity index (χ3n) is 1.05. The van der Waals surface area contributed by atoms with Crippen LogP contribution in [0.2, 0.25) is 0 Å². The Hall–Kier alpha value is -1.24. The number of nitriles is 1. The molecule has 4 nitrogen and oxygen atoms in total. The first-order valence-electron chi connectivity index (χ1n) is 4.69. The lowest BCUT2D eigenvalue weighted by Crippen LogP contribution is -2.27. The molecule has 0 saturated heterocycles. The van der Waals surface area contributed by atoms with Gasteiger partial charge in [0.1, 0.15) is 5.60 Å². The van der Waals surface area contributed by atoms with Gasteiger partial charge >= 0.3 is 6.09 Å². The topological polar surface area (TPSA) is 76.1 Å². The second-order valence-corrected chi connectivity index (χ2v) is 3.80. The number of amides is 1. The van der Waals surface area contributed by atoms with Gasteiger partial charge in [0.2, 0.25) is 0 Å². The molecule has 4 heteroatoms. The molecule has 0 aromatic carbocycles. The molecule has 0 aliphatic rings. The molecule has 0 aliphatic carbocycles. The molecule has 0 saturated carbocycles. The third kappa shape index (κ3) is 22.4. The van der Waals surface area contributed by atoms with Crippen LogP contribution in [-0.4, -0.2) is 11.7 Å². The molecule has 82 valence electrons. The van der Waals surface area contributed by atoms with Crippen molar-refractivity contribution >= 4 is 6.09 Å². The zero-order valence-electron chi connectivity index (χ0n) is 9.46. The van der Waals surface area contributed by atoms with E-state index in [2.05, 4.69) is 17.7 Å². The van der Waals surface area contributed by atoms with E-state index in [-0.39, 0.29) is 0 Å². The Bertz CT molecular complexity index is 189. The predicted octanol–water partition coefficient (Wildman–Crippen LogP) is 2.58. The summed E-state index contributed by atoms with van der Waals surface area (Å²) in [5.41, 5.74) is 4.26. The van der Waals surface area contributed by atoms with Crippen LogP contribution in [0.5, 0.6) is 0 Å². The molecule has 0 heterocycles. The summed E-state index contributed by atoms with van der Waals surface area (Å²) in [6.45, 7) is 7.37. The van der Waals surface area contributed by atoms with E-state index in [9.17, 15) is 4.79 Å². The lowest BCUT2D eigenvalue weighted by atomic mass is 10.2. The van der Waals surface area contributed by atoms with Crippen molar-refractivity contribution in [3.63, 3.8) is 0 Å². The summed E-state index contributed by atoms with van der Waals surface area (Å²) in [5.74, 6) is 0. The third-order valence-corrected chi connectivity index (χ3v) is 1.05. The number of hydrogen-bond acceptors (Lipinski definition) is 3. The SMILES string of the molecule is CC(C)(C)OC(N)=O.CCCCC#N. The molecule has 0 aliphatic heterocycles. The average Bonchev–Trinajstić information content (AvgIpc) is 1.97. The van der Waals surface area contributed by atoms with Gasteiger partial charge in [0.25, 0.3) is 0 Å². The van der Waals surface area contributed by atoms with Gasteiger partial charge in [-0.25, -0.2) is 4.79 Å². The lowest BCUT2D eigenvalue weighted by molar-refractivity contribution is 0.0600. The zero-order valence-corrected chi connectivity index (χ0v) is 9.46. The molecule has 2 N–H and O–H groups in total. The number of carbonyl (C=O) groups excluding carboxylic acids is 1. The van der Waals surface area contributed by atoms with Crippen molar-refractivity contribution < 1.29 is 9.53 Å². The van der Waals surface area contributed by atoms with E-state index >= 15 is 0 Å². The van der Waals surface area contributed by atoms with Crippen molar-refractivity contribution in [2.75, 3.05) is 0 Å². The minimum Gasteiger partial charge on any atom is -0.444 e. The largest absolute Gasteiger partial charge is 0.444 e. The number of carbonyl (C=O) groups is 1. The Morgan fingerprint density at radius 3 is 2.07 bits per heavy atom. The van der Waals surface area contributed by atoms with E-state index in [1.807, 2.05) is 0 Å². The van der Waals surface area contributed by atoms with Crippen molar-refractivity contribution in [3.8, 4) is 6.07 Å². The molecule has 0 unspecified atom stereocenters. The van der Waals surface area contributed by atoms with Gasteiger partial charge in [-0.05, 0) is 27.2 Å². The first kappa shape index (κ1) is 15.2. The highest BCUT2D eigenvalue weighted by molar-refractivity contribution is 5.65. The summed E-state index contributed by atoms with van der Waals surface area (Å²) >= 11 is 0. The van der Waals surface area contributed by atoms with E-state index in [1.54, 1.807) is 20.8 Å². The molecule has 0 atom stereocenters. The summed E-state index contributed by atoms with van der Waals surface area (Å²) in [7, 11) is 0. The smallest absolute Gasteiger partial charge is 0.405 e. The highest BCUT2D eigenvalue weighted by Crippen LogP contribution is 2.04. The van der Waals surface area contributed by atoms with E-state index < -0.39 is 11.7 Å². The highest BCUT2D eigenvalue weighted by Gasteiger charge is 2.12. The van der Waals surface area contributed by atoms with Gasteiger partial charge in [-0.1, -0.05) is 13.3 Å². The Morgan fingerprint density at radius 2 is 2.00 bits per heavy atom. The molecule has 0 spiro atoms. The van der Waals surface area contributed by atoms with Crippen molar-refractivity contribution in [1.29, 1.82) is 5.26 Å². The molecule has 1 amide bonds. The highest BCUT2D eigenvalue weighted by atomic mass is 16.6. The van der Waals surface area contributed by atoms with Crippen LogP contribution in [0, 0.1) is 11.3 Å². The normalized spacial score (nSPS) is 9.36. The molecular formula is C10H20N2O2. The second-order valence-electron chi connectivity index (χ2n) is 3.80. The Morgan fingerprint density at radius 1 is 1.50 bits per heavy atom. The van der Waals surface area contributed by atoms with Crippen LogP contribution < -0.4 is 5.73 Å². The zero-order chi connectivity index (χ0) is 11.6. The molecule has 0 radical (unpaired) electrons. The number of ether oxygens (including phenoxy) is 1. The van der Waals surface area contributed by atoms with E-state index in [0.717, 1.165) is 19.3 Å². The minimum absolute atomic E-state index is 0.453. The number of nitrogens with two attached hydrogens (primary N) is 1.